The van der Waals surface area contributed by atoms with Crippen molar-refractivity contribution in [2.75, 3.05) is 7.05 Å². The Morgan fingerprint density at radius 1 is 1.07 bits per heavy atom. The van der Waals surface area contributed by atoms with E-state index < -0.39 is 11.7 Å². The fourth-order valence-electron chi connectivity index (χ4n) is 2.88. The second kappa shape index (κ2) is 8.81. The minimum Gasteiger partial charge on any atom is -0.334 e. The molecule has 0 fully saturated rings. The lowest BCUT2D eigenvalue weighted by atomic mass is 10.1. The number of hydrogen-bond donors (Lipinski definition) is 1. The molecule has 0 saturated carbocycles. The van der Waals surface area contributed by atoms with Crippen molar-refractivity contribution in [2.45, 2.75) is 25.8 Å². The van der Waals surface area contributed by atoms with Gasteiger partial charge < -0.3 is 10.2 Å². The Kier molecular flexibility index (Phi) is 6.21. The summed E-state index contributed by atoms with van der Waals surface area (Å²) in [5, 5.41) is 7.00. The molecule has 5 nitrogen and oxygen atoms in total. The number of benzene rings is 2. The van der Waals surface area contributed by atoms with Gasteiger partial charge in [0, 0.05) is 32.5 Å². The number of amides is 2. The molecule has 0 atom stereocenters. The van der Waals surface area contributed by atoms with Gasteiger partial charge >= 0.3 is 12.2 Å². The molecule has 2 aromatic carbocycles. The zero-order chi connectivity index (χ0) is 20.9. The van der Waals surface area contributed by atoms with E-state index in [9.17, 15) is 18.0 Å². The molecule has 3 aromatic rings. The predicted octanol–water partition coefficient (Wildman–Crippen LogP) is 4.29. The molecule has 2 amide bonds. The highest BCUT2D eigenvalue weighted by molar-refractivity contribution is 5.73. The Bertz CT molecular complexity index is 937. The summed E-state index contributed by atoms with van der Waals surface area (Å²) in [6.45, 7) is 1.20. The van der Waals surface area contributed by atoms with Crippen molar-refractivity contribution in [1.82, 2.24) is 20.0 Å². The van der Waals surface area contributed by atoms with Crippen molar-refractivity contribution in [3.8, 4) is 0 Å². The van der Waals surface area contributed by atoms with E-state index in [1.807, 2.05) is 41.2 Å². The summed E-state index contributed by atoms with van der Waals surface area (Å²) in [5.74, 6) is 0. The van der Waals surface area contributed by atoms with Gasteiger partial charge in [0.25, 0.3) is 0 Å². The van der Waals surface area contributed by atoms with Crippen LogP contribution in [0.4, 0.5) is 18.0 Å². The van der Waals surface area contributed by atoms with Crippen LogP contribution >= 0.6 is 0 Å². The van der Waals surface area contributed by atoms with E-state index in [1.54, 1.807) is 13.2 Å². The van der Waals surface area contributed by atoms with E-state index in [1.165, 1.54) is 17.0 Å². The number of halogens is 3. The van der Waals surface area contributed by atoms with E-state index in [4.69, 9.17) is 0 Å². The number of carbonyl (C=O) groups excluding carboxylic acids is 1. The third kappa shape index (κ3) is 5.84. The minimum atomic E-state index is -4.37. The molecule has 1 heterocycles. The van der Waals surface area contributed by atoms with Crippen LogP contribution in [0.3, 0.4) is 0 Å². The van der Waals surface area contributed by atoms with Gasteiger partial charge in [0.05, 0.1) is 12.1 Å². The summed E-state index contributed by atoms with van der Waals surface area (Å²) < 4.78 is 39.7. The van der Waals surface area contributed by atoms with Crippen molar-refractivity contribution >= 4 is 6.03 Å². The van der Waals surface area contributed by atoms with Crippen LogP contribution in [-0.2, 0) is 25.8 Å². The van der Waals surface area contributed by atoms with E-state index >= 15 is 0 Å². The molecule has 0 radical (unpaired) electrons. The molecule has 29 heavy (non-hydrogen) atoms. The first-order valence-corrected chi connectivity index (χ1v) is 9.01. The van der Waals surface area contributed by atoms with Gasteiger partial charge in [-0.05, 0) is 34.9 Å². The SMILES string of the molecule is CN(Cc1ccc(C(F)(F)F)cc1)C(=O)NCc1cccc(Cn2cccn2)c1. The van der Waals surface area contributed by atoms with Crippen LogP contribution in [-0.4, -0.2) is 27.8 Å². The number of nitrogens with zero attached hydrogens (tertiary/aromatic N) is 3. The zero-order valence-corrected chi connectivity index (χ0v) is 15.9. The van der Waals surface area contributed by atoms with Gasteiger partial charge in [0.1, 0.15) is 0 Å². The van der Waals surface area contributed by atoms with Gasteiger partial charge in [-0.3, -0.25) is 4.68 Å². The number of hydrogen-bond acceptors (Lipinski definition) is 2. The molecule has 0 unspecified atom stereocenters. The molecule has 1 N–H and O–H groups in total. The minimum absolute atomic E-state index is 0.212. The van der Waals surface area contributed by atoms with Gasteiger partial charge in [-0.1, -0.05) is 36.4 Å². The van der Waals surface area contributed by atoms with Crippen molar-refractivity contribution < 1.29 is 18.0 Å². The van der Waals surface area contributed by atoms with Gasteiger partial charge in [0.2, 0.25) is 0 Å². The predicted molar refractivity (Wildman–Crippen MR) is 103 cm³/mol. The zero-order valence-electron chi connectivity index (χ0n) is 15.9. The number of aromatic nitrogens is 2. The van der Waals surface area contributed by atoms with Gasteiger partial charge in [0.15, 0.2) is 0 Å². The van der Waals surface area contributed by atoms with E-state index in [0.29, 0.717) is 18.7 Å². The number of urea groups is 1. The Morgan fingerprint density at radius 3 is 2.45 bits per heavy atom. The Balaban J connectivity index is 1.52. The molecular weight excluding hydrogens is 381 g/mol. The lowest BCUT2D eigenvalue weighted by Gasteiger charge is -2.18. The Labute approximate surface area is 166 Å². The summed E-state index contributed by atoms with van der Waals surface area (Å²) in [7, 11) is 1.60. The second-order valence-corrected chi connectivity index (χ2v) is 6.73. The smallest absolute Gasteiger partial charge is 0.334 e. The van der Waals surface area contributed by atoms with Crippen LogP contribution in [0.25, 0.3) is 0 Å². The third-order valence-electron chi connectivity index (χ3n) is 4.39. The first-order chi connectivity index (χ1) is 13.8. The first kappa shape index (κ1) is 20.4. The third-order valence-corrected chi connectivity index (χ3v) is 4.39. The molecule has 1 aromatic heterocycles. The van der Waals surface area contributed by atoms with Gasteiger partial charge in [-0.2, -0.15) is 18.3 Å². The Hall–Kier alpha value is -3.29. The van der Waals surface area contributed by atoms with E-state index in [0.717, 1.165) is 23.3 Å². The number of alkyl halides is 3. The standard InChI is InChI=1S/C21H21F3N4O/c1-27(14-16-6-8-19(9-7-16)21(22,23)24)20(29)25-13-17-4-2-5-18(12-17)15-28-11-3-10-26-28/h2-12H,13-15H2,1H3,(H,25,29). The molecule has 8 heteroatoms. The molecule has 152 valence electrons. The summed E-state index contributed by atoms with van der Waals surface area (Å²) in [6.07, 6.45) is -0.769. The normalized spacial score (nSPS) is 11.3. The van der Waals surface area contributed by atoms with Crippen LogP contribution in [0.2, 0.25) is 0 Å². The highest BCUT2D eigenvalue weighted by atomic mass is 19.4. The molecule has 0 aliphatic carbocycles. The maximum atomic E-state index is 12.6. The Morgan fingerprint density at radius 2 is 1.79 bits per heavy atom. The van der Waals surface area contributed by atoms with Crippen molar-refractivity contribution in [2.24, 2.45) is 0 Å². The quantitative estimate of drug-likeness (QED) is 0.669. The lowest BCUT2D eigenvalue weighted by molar-refractivity contribution is -0.137. The van der Waals surface area contributed by atoms with Crippen molar-refractivity contribution in [3.63, 3.8) is 0 Å². The van der Waals surface area contributed by atoms with Crippen LogP contribution in [0.15, 0.2) is 67.0 Å². The van der Waals surface area contributed by atoms with E-state index in [-0.39, 0.29) is 12.6 Å². The highest BCUT2D eigenvalue weighted by Gasteiger charge is 2.29. The lowest BCUT2D eigenvalue weighted by Crippen LogP contribution is -2.36. The molecular formula is C21H21F3N4O. The van der Waals surface area contributed by atoms with Crippen molar-refractivity contribution in [3.05, 3.63) is 89.2 Å². The molecule has 0 aliphatic rings. The molecule has 0 bridgehead atoms. The molecule has 0 spiro atoms. The topological polar surface area (TPSA) is 50.2 Å². The fourth-order valence-corrected chi connectivity index (χ4v) is 2.88. The number of rotatable bonds is 6. The summed E-state index contributed by atoms with van der Waals surface area (Å²) in [4.78, 5) is 13.7. The molecule has 0 aliphatic heterocycles. The van der Waals surface area contributed by atoms with Gasteiger partial charge in [-0.25, -0.2) is 4.79 Å². The molecule has 0 saturated heterocycles. The number of nitrogens with one attached hydrogen (secondary N) is 1. The van der Waals surface area contributed by atoms with Crippen LogP contribution < -0.4 is 5.32 Å². The average Bonchev–Trinajstić information content (AvgIpc) is 3.19. The first-order valence-electron chi connectivity index (χ1n) is 9.01. The molecule has 3 rings (SSSR count). The van der Waals surface area contributed by atoms with Crippen molar-refractivity contribution in [1.29, 1.82) is 0 Å². The van der Waals surface area contributed by atoms with Crippen LogP contribution in [0.5, 0.6) is 0 Å². The summed E-state index contributed by atoms with van der Waals surface area (Å²) in [6, 6.07) is 14.2. The summed E-state index contributed by atoms with van der Waals surface area (Å²) in [5.41, 5.74) is 1.93. The monoisotopic (exact) mass is 402 g/mol. The van der Waals surface area contributed by atoms with Crippen LogP contribution in [0.1, 0.15) is 22.3 Å². The number of carbonyl (C=O) groups is 1. The summed E-state index contributed by atoms with van der Waals surface area (Å²) >= 11 is 0. The van der Waals surface area contributed by atoms with Gasteiger partial charge in [-0.15, -0.1) is 0 Å². The maximum Gasteiger partial charge on any atom is 0.416 e. The second-order valence-electron chi connectivity index (χ2n) is 6.73. The fraction of sp³-hybridized carbons (Fsp3) is 0.238. The highest BCUT2D eigenvalue weighted by Crippen LogP contribution is 2.29. The average molecular weight is 402 g/mol. The van der Waals surface area contributed by atoms with Crippen LogP contribution in [0, 0.1) is 0 Å². The maximum absolute atomic E-state index is 12.6. The van der Waals surface area contributed by atoms with E-state index in [2.05, 4.69) is 10.4 Å². The largest absolute Gasteiger partial charge is 0.416 e.